The third-order valence-electron chi connectivity index (χ3n) is 5.48. The van der Waals surface area contributed by atoms with E-state index < -0.39 is 68.6 Å². The van der Waals surface area contributed by atoms with Crippen LogP contribution in [0.4, 0.5) is 18.0 Å². The summed E-state index contributed by atoms with van der Waals surface area (Å²) in [5.74, 6) is -0.992. The number of sulfone groups is 1. The van der Waals surface area contributed by atoms with Crippen LogP contribution in [0.15, 0.2) is 23.1 Å². The summed E-state index contributed by atoms with van der Waals surface area (Å²) >= 11 is 6.07. The molecule has 0 aromatic heterocycles. The van der Waals surface area contributed by atoms with Crippen molar-refractivity contribution in [3.8, 4) is 11.8 Å². The number of nitrogens with zero attached hydrogens (tertiary/aromatic N) is 2. The van der Waals surface area contributed by atoms with Crippen molar-refractivity contribution in [2.75, 3.05) is 13.2 Å². The number of carbonyl (C=O) groups excluding carboxylic acids is 2. The first-order valence-electron chi connectivity index (χ1n) is 11.1. The Labute approximate surface area is 216 Å². The van der Waals surface area contributed by atoms with E-state index in [4.69, 9.17) is 21.2 Å². The lowest BCUT2D eigenvalue weighted by molar-refractivity contribution is -0.162. The van der Waals surface area contributed by atoms with E-state index in [1.54, 1.807) is 20.8 Å². The Hall–Kier alpha value is -2.76. The van der Waals surface area contributed by atoms with E-state index in [0.29, 0.717) is 12.8 Å². The van der Waals surface area contributed by atoms with Gasteiger partial charge < -0.3 is 19.6 Å². The third-order valence-corrected chi connectivity index (χ3v) is 8.09. The van der Waals surface area contributed by atoms with Crippen LogP contribution in [0.5, 0.6) is 5.75 Å². The van der Waals surface area contributed by atoms with E-state index in [1.165, 1.54) is 0 Å². The maximum Gasteiger partial charge on any atom is 0.528 e. The zero-order valence-corrected chi connectivity index (χ0v) is 21.7. The highest BCUT2D eigenvalue weighted by Crippen LogP contribution is 2.37. The summed E-state index contributed by atoms with van der Waals surface area (Å²) in [6.07, 6.45) is -5.22. The van der Waals surface area contributed by atoms with Gasteiger partial charge in [0.2, 0.25) is 5.91 Å². The maximum absolute atomic E-state index is 13.4. The number of amides is 1. The molecule has 1 heterocycles. The molecule has 10 nitrogen and oxygen atoms in total. The summed E-state index contributed by atoms with van der Waals surface area (Å²) in [6, 6.07) is 3.71. The minimum atomic E-state index is -4.60. The average Bonchev–Trinajstić information content (AvgIpc) is 3.39. The van der Waals surface area contributed by atoms with Crippen LogP contribution < -0.4 is 10.1 Å². The van der Waals surface area contributed by atoms with E-state index in [0.717, 1.165) is 23.3 Å². The summed E-state index contributed by atoms with van der Waals surface area (Å²) in [6.45, 7) is 2.74. The van der Waals surface area contributed by atoms with Crippen LogP contribution in [0, 0.1) is 11.3 Å². The van der Waals surface area contributed by atoms with Crippen molar-refractivity contribution in [3.05, 3.63) is 23.2 Å². The van der Waals surface area contributed by atoms with Crippen molar-refractivity contribution < 1.29 is 45.5 Å². The van der Waals surface area contributed by atoms with Crippen molar-refractivity contribution in [2.45, 2.75) is 73.5 Å². The van der Waals surface area contributed by atoms with Gasteiger partial charge in [0.1, 0.15) is 22.9 Å². The SMILES string of the molecule is CC(C)(C)OC(=O)ON1C[C@H](S(=O)(=O)c2ccc(OCC(F)(F)F)cc2Cl)C[C@H]1C(=O)NC1(C#N)CC1. The molecule has 0 bridgehead atoms. The van der Waals surface area contributed by atoms with Crippen LogP contribution in [0.1, 0.15) is 40.0 Å². The van der Waals surface area contributed by atoms with Gasteiger partial charge in [0.25, 0.3) is 0 Å². The number of alkyl halides is 3. The number of ether oxygens (including phenoxy) is 2. The van der Waals surface area contributed by atoms with Crippen LogP contribution >= 0.6 is 11.6 Å². The molecule has 1 N–H and O–H groups in total. The van der Waals surface area contributed by atoms with Crippen LogP contribution in [0.25, 0.3) is 0 Å². The Bertz CT molecular complexity index is 1210. The number of hydrogen-bond donors (Lipinski definition) is 1. The number of hydroxylamine groups is 2. The molecule has 1 saturated heterocycles. The number of halogens is 4. The lowest BCUT2D eigenvalue weighted by Crippen LogP contribution is -2.48. The molecule has 37 heavy (non-hydrogen) atoms. The van der Waals surface area contributed by atoms with E-state index in [2.05, 4.69) is 10.1 Å². The molecule has 1 aliphatic carbocycles. The molecule has 1 aromatic rings. The standard InChI is InChI=1S/C22H25ClF3N3O7S/c1-20(2,3)35-19(31)36-29-10-14(9-16(29)18(30)28-21(11-27)6-7-21)37(32,33)17-5-4-13(8-15(17)23)34-12-22(24,25)26/h4-5,8,14,16H,6-7,9-10,12H2,1-3H3,(H,28,30)/t14-,16+/m1/s1. The first-order valence-corrected chi connectivity index (χ1v) is 13.0. The van der Waals surface area contributed by atoms with Gasteiger partial charge in [-0.2, -0.15) is 18.4 Å². The first-order chi connectivity index (χ1) is 16.9. The average molecular weight is 568 g/mol. The highest BCUT2D eigenvalue weighted by molar-refractivity contribution is 7.92. The Kier molecular flexibility index (Phi) is 7.93. The summed E-state index contributed by atoms with van der Waals surface area (Å²) < 4.78 is 73.7. The molecule has 1 aromatic carbocycles. The van der Waals surface area contributed by atoms with Crippen LogP contribution in [-0.4, -0.2) is 67.3 Å². The van der Waals surface area contributed by atoms with E-state index in [-0.39, 0.29) is 17.2 Å². The van der Waals surface area contributed by atoms with Gasteiger partial charge in [-0.05, 0) is 52.2 Å². The molecule has 0 radical (unpaired) electrons. The van der Waals surface area contributed by atoms with Gasteiger partial charge in [-0.3, -0.25) is 4.79 Å². The quantitative estimate of drug-likeness (QED) is 0.491. The van der Waals surface area contributed by atoms with Crippen LogP contribution in [0.2, 0.25) is 5.02 Å². The molecule has 204 valence electrons. The normalized spacial score (nSPS) is 21.6. The van der Waals surface area contributed by atoms with E-state index in [1.807, 2.05) is 6.07 Å². The molecular formula is C22H25ClF3N3O7S. The molecule has 0 unspecified atom stereocenters. The van der Waals surface area contributed by atoms with E-state index >= 15 is 0 Å². The summed E-state index contributed by atoms with van der Waals surface area (Å²) in [5, 5.41) is 11.1. The fourth-order valence-corrected chi connectivity index (χ4v) is 5.77. The molecule has 1 aliphatic heterocycles. The highest BCUT2D eigenvalue weighted by atomic mass is 35.5. The fraction of sp³-hybridized carbons (Fsp3) is 0.591. The lowest BCUT2D eigenvalue weighted by Gasteiger charge is -2.25. The largest absolute Gasteiger partial charge is 0.528 e. The number of carbonyl (C=O) groups is 2. The Morgan fingerprint density at radius 1 is 1.27 bits per heavy atom. The molecule has 1 saturated carbocycles. The smallest absolute Gasteiger partial charge is 0.484 e. The Morgan fingerprint density at radius 3 is 2.43 bits per heavy atom. The molecule has 2 atom stereocenters. The van der Waals surface area contributed by atoms with Crippen LogP contribution in [-0.2, 0) is 24.2 Å². The molecule has 3 rings (SSSR count). The minimum Gasteiger partial charge on any atom is -0.484 e. The highest BCUT2D eigenvalue weighted by Gasteiger charge is 2.51. The molecular weight excluding hydrogens is 543 g/mol. The molecule has 0 spiro atoms. The van der Waals surface area contributed by atoms with Crippen molar-refractivity contribution in [3.63, 3.8) is 0 Å². The van der Waals surface area contributed by atoms with Gasteiger partial charge >= 0.3 is 12.3 Å². The second kappa shape index (κ2) is 10.2. The van der Waals surface area contributed by atoms with E-state index in [9.17, 15) is 36.4 Å². The summed E-state index contributed by atoms with van der Waals surface area (Å²) in [5.41, 5.74) is -1.98. The van der Waals surface area contributed by atoms with Crippen molar-refractivity contribution >= 4 is 33.5 Å². The van der Waals surface area contributed by atoms with Crippen molar-refractivity contribution in [1.29, 1.82) is 5.26 Å². The van der Waals surface area contributed by atoms with Gasteiger partial charge in [-0.1, -0.05) is 11.6 Å². The van der Waals surface area contributed by atoms with Gasteiger partial charge in [0.15, 0.2) is 16.4 Å². The molecule has 2 fully saturated rings. The summed E-state index contributed by atoms with van der Waals surface area (Å²) in [7, 11) is -4.26. The second-order valence-electron chi connectivity index (χ2n) is 9.75. The zero-order chi connectivity index (χ0) is 27.8. The predicted octanol–water partition coefficient (Wildman–Crippen LogP) is 3.54. The summed E-state index contributed by atoms with van der Waals surface area (Å²) in [4.78, 5) is 30.0. The number of hydrogen-bond acceptors (Lipinski definition) is 9. The second-order valence-corrected chi connectivity index (χ2v) is 12.4. The van der Waals surface area contributed by atoms with Gasteiger partial charge in [0.05, 0.1) is 27.8 Å². The third kappa shape index (κ3) is 7.39. The van der Waals surface area contributed by atoms with Gasteiger partial charge in [0, 0.05) is 6.07 Å². The molecule has 2 aliphatic rings. The topological polar surface area (TPSA) is 135 Å². The van der Waals surface area contributed by atoms with Crippen LogP contribution in [0.3, 0.4) is 0 Å². The predicted molar refractivity (Wildman–Crippen MR) is 122 cm³/mol. The molecule has 15 heteroatoms. The number of benzene rings is 1. The number of nitriles is 1. The van der Waals surface area contributed by atoms with Crippen molar-refractivity contribution in [1.82, 2.24) is 10.4 Å². The Balaban J connectivity index is 1.82. The Morgan fingerprint density at radius 2 is 1.92 bits per heavy atom. The lowest BCUT2D eigenvalue weighted by atomic mass is 10.2. The first kappa shape index (κ1) is 28.8. The minimum absolute atomic E-state index is 0.286. The van der Waals surface area contributed by atoms with Gasteiger partial charge in [-0.25, -0.2) is 13.2 Å². The fourth-order valence-electron chi connectivity index (χ4n) is 3.55. The number of rotatable bonds is 7. The monoisotopic (exact) mass is 567 g/mol. The number of nitrogens with one attached hydrogen (secondary N) is 1. The molecule has 1 amide bonds. The van der Waals surface area contributed by atoms with Gasteiger partial charge in [-0.15, -0.1) is 5.06 Å². The zero-order valence-electron chi connectivity index (χ0n) is 20.1. The van der Waals surface area contributed by atoms with Crippen molar-refractivity contribution in [2.24, 2.45) is 0 Å². The maximum atomic E-state index is 13.4.